The minimum atomic E-state index is 0.304. The number of hydrogen-bond donors (Lipinski definition) is 0. The van der Waals surface area contributed by atoms with Crippen LogP contribution in [0.4, 0.5) is 0 Å². The van der Waals surface area contributed by atoms with Gasteiger partial charge in [-0.1, -0.05) is 30.9 Å². The molecule has 0 saturated heterocycles. The van der Waals surface area contributed by atoms with Crippen molar-refractivity contribution in [1.29, 1.82) is 0 Å². The predicted molar refractivity (Wildman–Crippen MR) is 80.6 cm³/mol. The molecule has 1 nitrogen and oxygen atoms in total. The first-order valence-corrected chi connectivity index (χ1v) is 8.13. The number of benzene rings is 1. The molecule has 1 aliphatic carbocycles. The number of hydrogen-bond acceptors (Lipinski definition) is 1. The smallest absolute Gasteiger partial charge is 0.125 e. The van der Waals surface area contributed by atoms with Crippen LogP contribution in [0.3, 0.4) is 0 Å². The predicted octanol–water partition coefficient (Wildman–Crippen LogP) is 5.01. The maximum atomic E-state index is 6.55. The Labute approximate surface area is 125 Å². The largest absolute Gasteiger partial charge is 0.493 e. The fraction of sp³-hybridized carbons (Fsp3) is 0.625. The summed E-state index contributed by atoms with van der Waals surface area (Å²) in [6.07, 6.45) is 8.27. The standard InChI is InChI=1S/C16H20Cl2O/c17-14-9-12-6-7-19-16(12)13(10-14)8-11-4-2-1-3-5-15(11)18/h9-11,15H,1-8H2. The van der Waals surface area contributed by atoms with Crippen LogP contribution in [0.25, 0.3) is 0 Å². The Morgan fingerprint density at radius 3 is 2.89 bits per heavy atom. The van der Waals surface area contributed by atoms with Crippen LogP contribution < -0.4 is 4.74 Å². The number of ether oxygens (including phenoxy) is 1. The molecule has 3 heteroatoms. The Morgan fingerprint density at radius 1 is 1.16 bits per heavy atom. The van der Waals surface area contributed by atoms with Gasteiger partial charge in [0.05, 0.1) is 6.61 Å². The van der Waals surface area contributed by atoms with E-state index in [4.69, 9.17) is 27.9 Å². The summed E-state index contributed by atoms with van der Waals surface area (Å²) in [6.45, 7) is 0.789. The zero-order valence-corrected chi connectivity index (χ0v) is 12.6. The lowest BCUT2D eigenvalue weighted by Gasteiger charge is -2.21. The molecule has 2 unspecified atom stereocenters. The molecule has 1 aromatic carbocycles. The highest BCUT2D eigenvalue weighted by Crippen LogP contribution is 2.37. The van der Waals surface area contributed by atoms with Gasteiger partial charge in [0.15, 0.2) is 0 Å². The molecule has 3 rings (SSSR count). The summed E-state index contributed by atoms with van der Waals surface area (Å²) >= 11 is 12.8. The highest BCUT2D eigenvalue weighted by atomic mass is 35.5. The first kappa shape index (κ1) is 13.6. The van der Waals surface area contributed by atoms with Crippen molar-refractivity contribution in [2.24, 2.45) is 5.92 Å². The summed E-state index contributed by atoms with van der Waals surface area (Å²) in [5.41, 5.74) is 2.53. The van der Waals surface area contributed by atoms with Crippen molar-refractivity contribution in [1.82, 2.24) is 0 Å². The number of halogens is 2. The summed E-state index contributed by atoms with van der Waals surface area (Å²) in [4.78, 5) is 0. The highest BCUT2D eigenvalue weighted by Gasteiger charge is 2.25. The van der Waals surface area contributed by atoms with Crippen molar-refractivity contribution in [3.8, 4) is 5.75 Å². The average Bonchev–Trinajstić information content (AvgIpc) is 2.75. The Balaban J connectivity index is 1.82. The van der Waals surface area contributed by atoms with Crippen LogP contribution in [0, 0.1) is 5.92 Å². The van der Waals surface area contributed by atoms with Crippen molar-refractivity contribution >= 4 is 23.2 Å². The normalized spacial score (nSPS) is 26.6. The molecular weight excluding hydrogens is 279 g/mol. The van der Waals surface area contributed by atoms with Gasteiger partial charge in [-0.15, -0.1) is 11.6 Å². The molecule has 104 valence electrons. The monoisotopic (exact) mass is 298 g/mol. The first-order valence-electron chi connectivity index (χ1n) is 7.32. The van der Waals surface area contributed by atoms with E-state index in [0.29, 0.717) is 11.3 Å². The second-order valence-corrected chi connectivity index (χ2v) is 6.77. The molecule has 2 atom stereocenters. The molecule has 2 aliphatic rings. The molecular formula is C16H20Cl2O. The third kappa shape index (κ3) is 3.03. The van der Waals surface area contributed by atoms with Gasteiger partial charge >= 0.3 is 0 Å². The SMILES string of the molecule is Clc1cc2c(c(CC3CCCCCC3Cl)c1)OCC2. The third-order valence-electron chi connectivity index (χ3n) is 4.37. The molecule has 0 N–H and O–H groups in total. The second kappa shape index (κ2) is 5.93. The van der Waals surface area contributed by atoms with Gasteiger partial charge in [0.1, 0.15) is 5.75 Å². The topological polar surface area (TPSA) is 9.23 Å². The number of rotatable bonds is 2. The van der Waals surface area contributed by atoms with Gasteiger partial charge in [0, 0.05) is 16.8 Å². The Hall–Kier alpha value is -0.400. The summed E-state index contributed by atoms with van der Waals surface area (Å²) in [6, 6.07) is 4.11. The molecule has 0 radical (unpaired) electrons. The molecule has 1 aliphatic heterocycles. The van der Waals surface area contributed by atoms with Crippen molar-refractivity contribution < 1.29 is 4.74 Å². The van der Waals surface area contributed by atoms with E-state index in [2.05, 4.69) is 6.07 Å². The van der Waals surface area contributed by atoms with E-state index in [9.17, 15) is 0 Å². The fourth-order valence-corrected chi connectivity index (χ4v) is 3.98. The van der Waals surface area contributed by atoms with Crippen molar-refractivity contribution in [3.63, 3.8) is 0 Å². The van der Waals surface area contributed by atoms with Gasteiger partial charge in [0.2, 0.25) is 0 Å². The van der Waals surface area contributed by atoms with Crippen LogP contribution in [0.1, 0.15) is 43.2 Å². The summed E-state index contributed by atoms with van der Waals surface area (Å²) in [7, 11) is 0. The Kier molecular flexibility index (Phi) is 4.24. The molecule has 1 fully saturated rings. The maximum Gasteiger partial charge on any atom is 0.125 e. The van der Waals surface area contributed by atoms with E-state index in [0.717, 1.165) is 36.6 Å². The van der Waals surface area contributed by atoms with Gasteiger partial charge < -0.3 is 4.74 Å². The lowest BCUT2D eigenvalue weighted by atomic mass is 9.91. The molecule has 0 spiro atoms. The first-order chi connectivity index (χ1) is 9.24. The van der Waals surface area contributed by atoms with Crippen LogP contribution in [0.5, 0.6) is 5.75 Å². The lowest BCUT2D eigenvalue weighted by Crippen LogP contribution is -2.16. The molecule has 1 saturated carbocycles. The van der Waals surface area contributed by atoms with Gasteiger partial charge in [-0.2, -0.15) is 0 Å². The number of fused-ring (bicyclic) bond motifs is 1. The zero-order chi connectivity index (χ0) is 13.2. The zero-order valence-electron chi connectivity index (χ0n) is 11.1. The Bertz CT molecular complexity index is 458. The van der Waals surface area contributed by atoms with Crippen LogP contribution in [0.2, 0.25) is 5.02 Å². The van der Waals surface area contributed by atoms with E-state index >= 15 is 0 Å². The summed E-state index contributed by atoms with van der Waals surface area (Å²) < 4.78 is 5.79. The van der Waals surface area contributed by atoms with Gasteiger partial charge in [-0.25, -0.2) is 0 Å². The lowest BCUT2D eigenvalue weighted by molar-refractivity contribution is 0.349. The van der Waals surface area contributed by atoms with Crippen LogP contribution in [-0.4, -0.2) is 12.0 Å². The van der Waals surface area contributed by atoms with E-state index in [-0.39, 0.29) is 0 Å². The fourth-order valence-electron chi connectivity index (χ4n) is 3.35. The molecule has 1 heterocycles. The van der Waals surface area contributed by atoms with E-state index < -0.39 is 0 Å². The van der Waals surface area contributed by atoms with Crippen LogP contribution in [-0.2, 0) is 12.8 Å². The highest BCUT2D eigenvalue weighted by molar-refractivity contribution is 6.30. The third-order valence-corrected chi connectivity index (χ3v) is 5.17. The van der Waals surface area contributed by atoms with Crippen LogP contribution in [0.15, 0.2) is 12.1 Å². The molecule has 1 aromatic rings. The minimum absolute atomic E-state index is 0.304. The maximum absolute atomic E-state index is 6.55. The number of alkyl halides is 1. The van der Waals surface area contributed by atoms with E-state index in [1.807, 2.05) is 6.07 Å². The second-order valence-electron chi connectivity index (χ2n) is 5.77. The molecule has 19 heavy (non-hydrogen) atoms. The minimum Gasteiger partial charge on any atom is -0.493 e. The van der Waals surface area contributed by atoms with Gasteiger partial charge in [-0.05, 0) is 48.4 Å². The van der Waals surface area contributed by atoms with Crippen molar-refractivity contribution in [3.05, 3.63) is 28.3 Å². The molecule has 0 bridgehead atoms. The molecule has 0 amide bonds. The van der Waals surface area contributed by atoms with Crippen molar-refractivity contribution in [2.45, 2.75) is 50.3 Å². The summed E-state index contributed by atoms with van der Waals surface area (Å²) in [5.74, 6) is 1.65. The summed E-state index contributed by atoms with van der Waals surface area (Å²) in [5, 5.41) is 1.14. The van der Waals surface area contributed by atoms with Crippen LogP contribution >= 0.6 is 23.2 Å². The van der Waals surface area contributed by atoms with E-state index in [1.54, 1.807) is 0 Å². The van der Waals surface area contributed by atoms with E-state index in [1.165, 1.54) is 36.8 Å². The average molecular weight is 299 g/mol. The Morgan fingerprint density at radius 2 is 2.00 bits per heavy atom. The molecule has 0 aromatic heterocycles. The van der Waals surface area contributed by atoms with Gasteiger partial charge in [0.25, 0.3) is 0 Å². The van der Waals surface area contributed by atoms with Gasteiger partial charge in [-0.3, -0.25) is 0 Å². The van der Waals surface area contributed by atoms with Crippen molar-refractivity contribution in [2.75, 3.05) is 6.61 Å². The quantitative estimate of drug-likeness (QED) is 0.551.